The van der Waals surface area contributed by atoms with Crippen LogP contribution >= 0.6 is 11.6 Å². The van der Waals surface area contributed by atoms with Crippen molar-refractivity contribution in [2.75, 3.05) is 4.90 Å². The summed E-state index contributed by atoms with van der Waals surface area (Å²) in [6.07, 6.45) is 2.57. The Balaban J connectivity index is 1.88. The molecule has 1 aliphatic carbocycles. The van der Waals surface area contributed by atoms with E-state index < -0.39 is 5.60 Å². The lowest BCUT2D eigenvalue weighted by molar-refractivity contribution is -0.0321. The topological polar surface area (TPSA) is 49.2 Å². The summed E-state index contributed by atoms with van der Waals surface area (Å²) in [6.45, 7) is 4.07. The third-order valence-corrected chi connectivity index (χ3v) is 3.98. The maximum Gasteiger partial charge on any atom is 0.155 e. The molecule has 0 aromatic carbocycles. The first-order valence-electron chi connectivity index (χ1n) is 5.99. The largest absolute Gasteiger partial charge is 0.390 e. The van der Waals surface area contributed by atoms with Crippen LogP contribution in [0.25, 0.3) is 0 Å². The van der Waals surface area contributed by atoms with Crippen LogP contribution in [0, 0.1) is 0 Å². The van der Waals surface area contributed by atoms with Crippen LogP contribution in [0.3, 0.4) is 0 Å². The number of aromatic nitrogens is 2. The lowest BCUT2D eigenvalue weighted by atomic mass is 9.76. The third-order valence-electron chi connectivity index (χ3n) is 3.80. The molecule has 0 spiro atoms. The lowest BCUT2D eigenvalue weighted by Crippen LogP contribution is -2.55. The van der Waals surface area contributed by atoms with Gasteiger partial charge in [0.1, 0.15) is 0 Å². The minimum Gasteiger partial charge on any atom is -0.390 e. The van der Waals surface area contributed by atoms with E-state index in [1.807, 2.05) is 13.0 Å². The predicted molar refractivity (Wildman–Crippen MR) is 66.3 cm³/mol. The Kier molecular flexibility index (Phi) is 2.35. The number of hydrogen-bond donors (Lipinski definition) is 1. The van der Waals surface area contributed by atoms with Crippen LogP contribution in [0.2, 0.25) is 5.15 Å². The molecule has 1 atom stereocenters. The van der Waals surface area contributed by atoms with E-state index in [4.69, 9.17) is 11.6 Å². The zero-order valence-electron chi connectivity index (χ0n) is 10.0. The minimum atomic E-state index is -0.507. The Hall–Kier alpha value is -0.870. The van der Waals surface area contributed by atoms with E-state index in [-0.39, 0.29) is 0 Å². The Morgan fingerprint density at radius 2 is 2.18 bits per heavy atom. The van der Waals surface area contributed by atoms with Crippen molar-refractivity contribution in [1.82, 2.24) is 10.2 Å². The summed E-state index contributed by atoms with van der Waals surface area (Å²) in [5, 5.41) is 18.4. The molecule has 0 bridgehead atoms. The van der Waals surface area contributed by atoms with Crippen molar-refractivity contribution in [2.45, 2.75) is 50.8 Å². The minimum absolute atomic E-state index is 0.386. The maximum absolute atomic E-state index is 9.84. The lowest BCUT2D eigenvalue weighted by Gasteiger charge is -2.47. The fraction of sp³-hybridized carbons (Fsp3) is 0.667. The van der Waals surface area contributed by atoms with Crippen LogP contribution in [0.15, 0.2) is 6.07 Å². The van der Waals surface area contributed by atoms with Gasteiger partial charge in [0.2, 0.25) is 0 Å². The molecule has 5 heteroatoms. The van der Waals surface area contributed by atoms with Gasteiger partial charge in [-0.15, -0.1) is 10.2 Å². The zero-order chi connectivity index (χ0) is 12.2. The zero-order valence-corrected chi connectivity index (χ0v) is 10.8. The number of anilines is 1. The SMILES string of the molecule is CC1Cc2cc(Cl)nnc2N1C1CC(C)(O)C1. The van der Waals surface area contributed by atoms with Crippen molar-refractivity contribution < 1.29 is 5.11 Å². The molecule has 1 aromatic heterocycles. The smallest absolute Gasteiger partial charge is 0.155 e. The van der Waals surface area contributed by atoms with Crippen molar-refractivity contribution in [3.63, 3.8) is 0 Å². The molecule has 2 heterocycles. The summed E-state index contributed by atoms with van der Waals surface area (Å²) in [7, 11) is 0. The Labute approximate surface area is 106 Å². The van der Waals surface area contributed by atoms with E-state index in [0.29, 0.717) is 17.2 Å². The normalized spacial score (nSPS) is 35.6. The van der Waals surface area contributed by atoms with Gasteiger partial charge >= 0.3 is 0 Å². The van der Waals surface area contributed by atoms with Gasteiger partial charge in [-0.1, -0.05) is 11.6 Å². The highest BCUT2D eigenvalue weighted by Crippen LogP contribution is 2.42. The van der Waals surface area contributed by atoms with Crippen LogP contribution in [-0.2, 0) is 6.42 Å². The van der Waals surface area contributed by atoms with Crippen molar-refractivity contribution in [3.8, 4) is 0 Å². The van der Waals surface area contributed by atoms with Crippen LogP contribution in [-0.4, -0.2) is 33.0 Å². The number of nitrogens with zero attached hydrogens (tertiary/aromatic N) is 3. The number of rotatable bonds is 1. The highest BCUT2D eigenvalue weighted by molar-refractivity contribution is 6.29. The van der Waals surface area contributed by atoms with Gasteiger partial charge < -0.3 is 10.0 Å². The standard InChI is InChI=1S/C12H16ClN3O/c1-7-3-8-4-10(13)14-15-11(8)16(7)9-5-12(2,17)6-9/h4,7,9,17H,3,5-6H2,1-2H3. The highest BCUT2D eigenvalue weighted by Gasteiger charge is 2.45. The molecule has 4 nitrogen and oxygen atoms in total. The molecule has 1 aliphatic heterocycles. The fourth-order valence-electron chi connectivity index (χ4n) is 3.07. The van der Waals surface area contributed by atoms with Gasteiger partial charge in [0.15, 0.2) is 11.0 Å². The summed E-state index contributed by atoms with van der Waals surface area (Å²) in [6, 6.07) is 2.70. The van der Waals surface area contributed by atoms with Crippen LogP contribution < -0.4 is 4.90 Å². The second-order valence-electron chi connectivity index (χ2n) is 5.54. The first-order chi connectivity index (χ1) is 7.96. The second kappa shape index (κ2) is 3.56. The molecule has 92 valence electrons. The molecule has 3 rings (SSSR count). The van der Waals surface area contributed by atoms with Crippen molar-refractivity contribution in [1.29, 1.82) is 0 Å². The molecular weight excluding hydrogens is 238 g/mol. The number of aliphatic hydroxyl groups is 1. The summed E-state index contributed by atoms with van der Waals surface area (Å²) in [5.74, 6) is 0.947. The molecule has 1 saturated carbocycles. The van der Waals surface area contributed by atoms with E-state index in [0.717, 1.165) is 25.1 Å². The van der Waals surface area contributed by atoms with Gasteiger partial charge in [0.05, 0.1) is 5.60 Å². The van der Waals surface area contributed by atoms with Gasteiger partial charge in [-0.25, -0.2) is 0 Å². The molecular formula is C12H16ClN3O. The monoisotopic (exact) mass is 253 g/mol. The fourth-order valence-corrected chi connectivity index (χ4v) is 3.24. The summed E-state index contributed by atoms with van der Waals surface area (Å²) < 4.78 is 0. The summed E-state index contributed by atoms with van der Waals surface area (Å²) in [5.41, 5.74) is 0.663. The molecule has 2 aliphatic rings. The number of halogens is 1. The van der Waals surface area contributed by atoms with E-state index in [1.165, 1.54) is 5.56 Å². The average molecular weight is 254 g/mol. The van der Waals surface area contributed by atoms with Crippen LogP contribution in [0.4, 0.5) is 5.82 Å². The third kappa shape index (κ3) is 1.79. The van der Waals surface area contributed by atoms with Crippen molar-refractivity contribution in [3.05, 3.63) is 16.8 Å². The van der Waals surface area contributed by atoms with Gasteiger partial charge in [-0.05, 0) is 39.2 Å². The first-order valence-corrected chi connectivity index (χ1v) is 6.37. The average Bonchev–Trinajstić information content (AvgIpc) is 2.49. The summed E-state index contributed by atoms with van der Waals surface area (Å²) in [4.78, 5) is 2.29. The number of hydrogen-bond acceptors (Lipinski definition) is 4. The van der Waals surface area contributed by atoms with Gasteiger partial charge in [0.25, 0.3) is 0 Å². The maximum atomic E-state index is 9.84. The van der Waals surface area contributed by atoms with E-state index in [2.05, 4.69) is 22.0 Å². The predicted octanol–water partition coefficient (Wildman–Crippen LogP) is 1.79. The van der Waals surface area contributed by atoms with E-state index >= 15 is 0 Å². The molecule has 1 aromatic rings. The van der Waals surface area contributed by atoms with Gasteiger partial charge in [-0.3, -0.25) is 0 Å². The van der Waals surface area contributed by atoms with Gasteiger partial charge in [0, 0.05) is 17.6 Å². The van der Waals surface area contributed by atoms with Gasteiger partial charge in [-0.2, -0.15) is 0 Å². The van der Waals surface area contributed by atoms with Crippen LogP contribution in [0.1, 0.15) is 32.3 Å². The molecule has 17 heavy (non-hydrogen) atoms. The first kappa shape index (κ1) is 11.2. The van der Waals surface area contributed by atoms with Crippen molar-refractivity contribution >= 4 is 17.4 Å². The Bertz CT molecular complexity index is 455. The Morgan fingerprint density at radius 3 is 2.82 bits per heavy atom. The highest BCUT2D eigenvalue weighted by atomic mass is 35.5. The van der Waals surface area contributed by atoms with E-state index in [1.54, 1.807) is 0 Å². The molecule has 0 radical (unpaired) electrons. The molecule has 0 amide bonds. The molecule has 1 N–H and O–H groups in total. The Morgan fingerprint density at radius 1 is 1.47 bits per heavy atom. The molecule has 1 fully saturated rings. The quantitative estimate of drug-likeness (QED) is 0.829. The van der Waals surface area contributed by atoms with Crippen molar-refractivity contribution in [2.24, 2.45) is 0 Å². The van der Waals surface area contributed by atoms with Crippen LogP contribution in [0.5, 0.6) is 0 Å². The number of fused-ring (bicyclic) bond motifs is 1. The summed E-state index contributed by atoms with van der Waals surface area (Å²) >= 11 is 5.86. The second-order valence-corrected chi connectivity index (χ2v) is 5.92. The molecule has 0 saturated heterocycles. The molecule has 1 unspecified atom stereocenters. The van der Waals surface area contributed by atoms with E-state index in [9.17, 15) is 5.11 Å².